The highest BCUT2D eigenvalue weighted by atomic mass is 16.5. The molecule has 4 heteroatoms. The number of amides is 1. The molecule has 1 amide bonds. The quantitative estimate of drug-likeness (QED) is 0.712. The molecule has 0 aromatic rings. The lowest BCUT2D eigenvalue weighted by molar-refractivity contribution is -0.125. The Hall–Kier alpha value is -0.610. The molecule has 0 radical (unpaired) electrons. The zero-order chi connectivity index (χ0) is 15.7. The summed E-state index contributed by atoms with van der Waals surface area (Å²) in [5.74, 6) is 1.08. The molecule has 0 aliphatic carbocycles. The minimum atomic E-state index is 0. The van der Waals surface area contributed by atoms with Gasteiger partial charge >= 0.3 is 0 Å². The molecule has 1 N–H and O–H groups in total. The maximum absolute atomic E-state index is 11.8. The van der Waals surface area contributed by atoms with E-state index in [1.54, 1.807) is 0 Å². The topological polar surface area (TPSA) is 41.6 Å². The summed E-state index contributed by atoms with van der Waals surface area (Å²) in [6.45, 7) is 13.2. The van der Waals surface area contributed by atoms with Crippen LogP contribution in [0, 0.1) is 11.8 Å². The van der Waals surface area contributed by atoms with Crippen LogP contribution in [0.15, 0.2) is 0 Å². The van der Waals surface area contributed by atoms with Crippen LogP contribution >= 0.6 is 0 Å². The third-order valence-electron chi connectivity index (χ3n) is 4.66. The van der Waals surface area contributed by atoms with Crippen LogP contribution in [0.4, 0.5) is 0 Å². The Morgan fingerprint density at radius 3 is 2.81 bits per heavy atom. The predicted octanol–water partition coefficient (Wildman–Crippen LogP) is 2.92. The van der Waals surface area contributed by atoms with Crippen LogP contribution in [-0.4, -0.2) is 49.7 Å². The zero-order valence-electron chi connectivity index (χ0n) is 14.4. The monoisotopic (exact) mass is 300 g/mol. The van der Waals surface area contributed by atoms with E-state index in [1.165, 1.54) is 19.3 Å². The van der Waals surface area contributed by atoms with E-state index in [-0.39, 0.29) is 19.4 Å². The Morgan fingerprint density at radius 1 is 1.38 bits per heavy atom. The van der Waals surface area contributed by atoms with E-state index in [0.717, 1.165) is 38.6 Å². The molecule has 21 heavy (non-hydrogen) atoms. The molecule has 0 spiro atoms. The van der Waals surface area contributed by atoms with Crippen molar-refractivity contribution in [3.05, 3.63) is 0 Å². The van der Waals surface area contributed by atoms with E-state index in [9.17, 15) is 4.79 Å². The lowest BCUT2D eigenvalue weighted by Crippen LogP contribution is -2.48. The van der Waals surface area contributed by atoms with Gasteiger partial charge in [-0.2, -0.15) is 0 Å². The number of carbonyl (C=O) groups excluding carboxylic acids is 1. The molecule has 126 valence electrons. The van der Waals surface area contributed by atoms with E-state index < -0.39 is 0 Å². The lowest BCUT2D eigenvalue weighted by Gasteiger charge is -2.33. The van der Waals surface area contributed by atoms with Crippen molar-refractivity contribution in [2.45, 2.75) is 59.5 Å². The van der Waals surface area contributed by atoms with Gasteiger partial charge in [0.05, 0.1) is 12.7 Å². The Morgan fingerprint density at radius 2 is 2.14 bits per heavy atom. The van der Waals surface area contributed by atoms with E-state index in [4.69, 9.17) is 4.74 Å². The molecule has 0 aromatic carbocycles. The van der Waals surface area contributed by atoms with Gasteiger partial charge in [0.2, 0.25) is 5.91 Å². The summed E-state index contributed by atoms with van der Waals surface area (Å²) in [4.78, 5) is 14.3. The SMILES string of the molecule is CCC(C)CCCN1CCO[C@@H](CNC(=O)C(C)CC)C1.[HH]. The second kappa shape index (κ2) is 10.2. The van der Waals surface area contributed by atoms with Gasteiger partial charge in [-0.25, -0.2) is 0 Å². The molecule has 2 unspecified atom stereocenters. The van der Waals surface area contributed by atoms with Gasteiger partial charge in [-0.1, -0.05) is 34.1 Å². The first-order valence-electron chi connectivity index (χ1n) is 8.68. The highest BCUT2D eigenvalue weighted by Gasteiger charge is 2.21. The molecule has 1 rings (SSSR count). The van der Waals surface area contributed by atoms with Crippen molar-refractivity contribution in [3.8, 4) is 0 Å². The summed E-state index contributed by atoms with van der Waals surface area (Å²) in [5, 5.41) is 3.02. The average Bonchev–Trinajstić information content (AvgIpc) is 2.51. The van der Waals surface area contributed by atoms with Gasteiger partial charge in [0.25, 0.3) is 0 Å². The molecule has 3 atom stereocenters. The van der Waals surface area contributed by atoms with Crippen LogP contribution in [0.3, 0.4) is 0 Å². The van der Waals surface area contributed by atoms with Crippen molar-refractivity contribution in [2.24, 2.45) is 11.8 Å². The molecular formula is C17H36N2O2. The van der Waals surface area contributed by atoms with Gasteiger partial charge in [-0.15, -0.1) is 0 Å². The average molecular weight is 300 g/mol. The summed E-state index contributed by atoms with van der Waals surface area (Å²) >= 11 is 0. The van der Waals surface area contributed by atoms with Crippen LogP contribution in [0.1, 0.15) is 54.8 Å². The molecule has 1 aliphatic rings. The molecule has 0 aromatic heterocycles. The Bertz CT molecular complexity index is 302. The maximum atomic E-state index is 11.8. The molecule has 1 heterocycles. The standard InChI is InChI=1S/C17H34N2O2.H2/c1-5-14(3)8-7-9-19-10-11-21-16(13-19)12-18-17(20)15(4)6-2;/h14-16H,5-13H2,1-4H3,(H,18,20);1H/t14?,15?,16-;/m0./s1. The summed E-state index contributed by atoms with van der Waals surface area (Å²) in [6.07, 6.45) is 4.88. The Balaban J connectivity index is 0.00000441. The van der Waals surface area contributed by atoms with Crippen LogP contribution in [-0.2, 0) is 9.53 Å². The van der Waals surface area contributed by atoms with Crippen LogP contribution < -0.4 is 5.32 Å². The summed E-state index contributed by atoms with van der Waals surface area (Å²) in [6, 6.07) is 0. The van der Waals surface area contributed by atoms with Crippen LogP contribution in [0.5, 0.6) is 0 Å². The second-order valence-electron chi connectivity index (χ2n) is 6.50. The highest BCUT2D eigenvalue weighted by Crippen LogP contribution is 2.12. The number of nitrogens with zero attached hydrogens (tertiary/aromatic N) is 1. The minimum absolute atomic E-state index is 0. The molecule has 0 saturated carbocycles. The first-order chi connectivity index (χ1) is 10.1. The number of morpholine rings is 1. The first kappa shape index (κ1) is 18.4. The van der Waals surface area contributed by atoms with Gasteiger partial charge in [0.1, 0.15) is 0 Å². The molecular weight excluding hydrogens is 264 g/mol. The van der Waals surface area contributed by atoms with Gasteiger partial charge in [0, 0.05) is 27.0 Å². The number of carbonyl (C=O) groups is 1. The van der Waals surface area contributed by atoms with Gasteiger partial charge in [-0.05, 0) is 31.7 Å². The number of rotatable bonds is 9. The smallest absolute Gasteiger partial charge is 0.222 e. The lowest BCUT2D eigenvalue weighted by atomic mass is 10.0. The Labute approximate surface area is 132 Å². The normalized spacial score (nSPS) is 22.8. The van der Waals surface area contributed by atoms with Crippen molar-refractivity contribution in [1.29, 1.82) is 0 Å². The summed E-state index contributed by atoms with van der Waals surface area (Å²) in [7, 11) is 0. The van der Waals surface area contributed by atoms with Crippen molar-refractivity contribution in [1.82, 2.24) is 10.2 Å². The van der Waals surface area contributed by atoms with Gasteiger partial charge in [-0.3, -0.25) is 9.69 Å². The van der Waals surface area contributed by atoms with Crippen LogP contribution in [0.2, 0.25) is 0 Å². The Kier molecular flexibility index (Phi) is 8.93. The van der Waals surface area contributed by atoms with Crippen molar-refractivity contribution >= 4 is 5.91 Å². The highest BCUT2D eigenvalue weighted by molar-refractivity contribution is 5.78. The molecule has 0 bridgehead atoms. The van der Waals surface area contributed by atoms with Crippen LogP contribution in [0.25, 0.3) is 0 Å². The van der Waals surface area contributed by atoms with E-state index in [2.05, 4.69) is 24.1 Å². The number of nitrogens with one attached hydrogen (secondary N) is 1. The van der Waals surface area contributed by atoms with E-state index >= 15 is 0 Å². The molecule has 1 saturated heterocycles. The fourth-order valence-corrected chi connectivity index (χ4v) is 2.55. The van der Waals surface area contributed by atoms with E-state index in [1.807, 2.05) is 13.8 Å². The fourth-order valence-electron chi connectivity index (χ4n) is 2.55. The molecule has 1 aliphatic heterocycles. The van der Waals surface area contributed by atoms with Crippen molar-refractivity contribution in [3.63, 3.8) is 0 Å². The van der Waals surface area contributed by atoms with Crippen molar-refractivity contribution < 1.29 is 11.0 Å². The van der Waals surface area contributed by atoms with Gasteiger partial charge in [0.15, 0.2) is 0 Å². The summed E-state index contributed by atoms with van der Waals surface area (Å²) < 4.78 is 5.76. The number of hydrogen-bond acceptors (Lipinski definition) is 3. The fraction of sp³-hybridized carbons (Fsp3) is 0.941. The predicted molar refractivity (Wildman–Crippen MR) is 89.4 cm³/mol. The zero-order valence-corrected chi connectivity index (χ0v) is 14.4. The van der Waals surface area contributed by atoms with Crippen molar-refractivity contribution in [2.75, 3.05) is 32.8 Å². The maximum Gasteiger partial charge on any atom is 0.222 e. The van der Waals surface area contributed by atoms with E-state index in [0.29, 0.717) is 6.54 Å². The largest absolute Gasteiger partial charge is 0.374 e. The third-order valence-corrected chi connectivity index (χ3v) is 4.66. The summed E-state index contributed by atoms with van der Waals surface area (Å²) in [5.41, 5.74) is 0. The number of hydrogen-bond donors (Lipinski definition) is 1. The second-order valence-corrected chi connectivity index (χ2v) is 6.50. The number of ether oxygens (including phenoxy) is 1. The molecule has 1 fully saturated rings. The van der Waals surface area contributed by atoms with Gasteiger partial charge < -0.3 is 10.1 Å². The molecule has 4 nitrogen and oxygen atoms in total. The third kappa shape index (κ3) is 7.28. The minimum Gasteiger partial charge on any atom is -0.374 e. The first-order valence-corrected chi connectivity index (χ1v) is 8.68.